The number of nitrogens with zero attached hydrogens (tertiary/aromatic N) is 2. The van der Waals surface area contributed by atoms with E-state index in [2.05, 4.69) is 10.4 Å². The zero-order chi connectivity index (χ0) is 21.5. The van der Waals surface area contributed by atoms with Crippen molar-refractivity contribution in [2.75, 3.05) is 23.4 Å². The summed E-state index contributed by atoms with van der Waals surface area (Å²) in [6.07, 6.45) is 1.49. The van der Waals surface area contributed by atoms with Crippen LogP contribution in [-0.4, -0.2) is 61.2 Å². The molecule has 162 valence electrons. The van der Waals surface area contributed by atoms with Crippen LogP contribution in [0.2, 0.25) is 0 Å². The van der Waals surface area contributed by atoms with Crippen molar-refractivity contribution in [2.24, 2.45) is 5.10 Å². The molecule has 3 aliphatic heterocycles. The van der Waals surface area contributed by atoms with Gasteiger partial charge in [-0.25, -0.2) is 13.4 Å². The maximum Gasteiger partial charge on any atom is 0.271 e. The van der Waals surface area contributed by atoms with Crippen molar-refractivity contribution < 1.29 is 27.5 Å². The van der Waals surface area contributed by atoms with E-state index in [1.165, 1.54) is 5.01 Å². The Bertz CT molecular complexity index is 1020. The molecular formula is C20H25N3O6S. The molecule has 0 radical (unpaired) electrons. The zero-order valence-electron chi connectivity index (χ0n) is 17.0. The van der Waals surface area contributed by atoms with E-state index < -0.39 is 21.8 Å². The summed E-state index contributed by atoms with van der Waals surface area (Å²) in [7, 11) is -3.17. The highest BCUT2D eigenvalue weighted by atomic mass is 32.2. The molecule has 0 aliphatic carbocycles. The summed E-state index contributed by atoms with van der Waals surface area (Å²) in [5.74, 6) is 0.465. The van der Waals surface area contributed by atoms with Crippen molar-refractivity contribution in [2.45, 2.75) is 51.7 Å². The summed E-state index contributed by atoms with van der Waals surface area (Å²) < 4.78 is 35.0. The molecule has 0 spiro atoms. The Morgan fingerprint density at radius 2 is 2.17 bits per heavy atom. The van der Waals surface area contributed by atoms with Gasteiger partial charge in [-0.15, -0.1) is 0 Å². The molecule has 30 heavy (non-hydrogen) atoms. The number of anilines is 1. The standard InChI is InChI=1S/C20H25N3O6S/c1-3-28-18-9-13-8-12(2)29-17(13)10-16(18)21-20(25)15-4-5-19(24)23(22-15)14-6-7-30(26,27)11-14/h9-10,12,14H,3-8,11H2,1-2H3,(H,21,25)/t12-,14+/m0/s1. The number of sulfone groups is 1. The Labute approximate surface area is 175 Å². The third-order valence-electron chi connectivity index (χ3n) is 5.42. The molecule has 2 amide bonds. The maximum absolute atomic E-state index is 12.9. The first-order valence-electron chi connectivity index (χ1n) is 10.1. The molecule has 10 heteroatoms. The van der Waals surface area contributed by atoms with Gasteiger partial charge in [0, 0.05) is 30.9 Å². The SMILES string of the molecule is CCOc1cc2c(cc1NC(=O)C1=NN([C@@H]3CCS(=O)(=O)C3)C(=O)CC1)O[C@@H](C)C2. The van der Waals surface area contributed by atoms with Gasteiger partial charge in [-0.05, 0) is 26.3 Å². The molecule has 4 rings (SSSR count). The summed E-state index contributed by atoms with van der Waals surface area (Å²) >= 11 is 0. The van der Waals surface area contributed by atoms with Gasteiger partial charge in [-0.1, -0.05) is 0 Å². The van der Waals surface area contributed by atoms with E-state index in [9.17, 15) is 18.0 Å². The minimum Gasteiger partial charge on any atom is -0.492 e. The molecule has 0 bridgehead atoms. The number of rotatable bonds is 5. The number of carbonyl (C=O) groups excluding carboxylic acids is 2. The topological polar surface area (TPSA) is 114 Å². The number of hydrazone groups is 1. The number of hydrogen-bond acceptors (Lipinski definition) is 7. The molecule has 0 aromatic heterocycles. The van der Waals surface area contributed by atoms with Crippen LogP contribution in [0, 0.1) is 0 Å². The Kier molecular flexibility index (Phi) is 5.44. The molecule has 3 aliphatic rings. The number of benzene rings is 1. The number of amides is 2. The van der Waals surface area contributed by atoms with E-state index in [4.69, 9.17) is 9.47 Å². The summed E-state index contributed by atoms with van der Waals surface area (Å²) in [5, 5.41) is 8.22. The Hall–Kier alpha value is -2.62. The normalized spacial score (nSPS) is 24.8. The lowest BCUT2D eigenvalue weighted by Crippen LogP contribution is -2.42. The second-order valence-corrected chi connectivity index (χ2v) is 10.0. The van der Waals surface area contributed by atoms with Gasteiger partial charge in [0.15, 0.2) is 9.84 Å². The van der Waals surface area contributed by atoms with Crippen LogP contribution < -0.4 is 14.8 Å². The largest absolute Gasteiger partial charge is 0.492 e. The van der Waals surface area contributed by atoms with Gasteiger partial charge >= 0.3 is 0 Å². The predicted octanol–water partition coefficient (Wildman–Crippen LogP) is 1.51. The molecule has 1 N–H and O–H groups in total. The van der Waals surface area contributed by atoms with Crippen molar-refractivity contribution in [1.82, 2.24) is 5.01 Å². The molecule has 2 atom stereocenters. The third-order valence-corrected chi connectivity index (χ3v) is 7.17. The molecule has 0 saturated carbocycles. The van der Waals surface area contributed by atoms with Gasteiger partial charge in [0.25, 0.3) is 5.91 Å². The predicted molar refractivity (Wildman–Crippen MR) is 111 cm³/mol. The number of fused-ring (bicyclic) bond motifs is 1. The third kappa shape index (κ3) is 4.14. The van der Waals surface area contributed by atoms with E-state index in [1.54, 1.807) is 6.07 Å². The monoisotopic (exact) mass is 435 g/mol. The van der Waals surface area contributed by atoms with Gasteiger partial charge in [0.05, 0.1) is 29.8 Å². The maximum atomic E-state index is 12.9. The van der Waals surface area contributed by atoms with Crippen LogP contribution in [0.4, 0.5) is 5.69 Å². The first kappa shape index (κ1) is 20.6. The molecule has 3 heterocycles. The van der Waals surface area contributed by atoms with Crippen molar-refractivity contribution in [3.05, 3.63) is 17.7 Å². The fourth-order valence-corrected chi connectivity index (χ4v) is 5.69. The lowest BCUT2D eigenvalue weighted by molar-refractivity contribution is -0.133. The molecule has 1 aromatic carbocycles. The Morgan fingerprint density at radius 3 is 2.87 bits per heavy atom. The number of ether oxygens (including phenoxy) is 2. The molecule has 1 fully saturated rings. The molecule has 9 nitrogen and oxygen atoms in total. The lowest BCUT2D eigenvalue weighted by atomic mass is 10.1. The van der Waals surface area contributed by atoms with Crippen molar-refractivity contribution in [3.63, 3.8) is 0 Å². The summed E-state index contributed by atoms with van der Waals surface area (Å²) in [5.41, 5.74) is 1.69. The summed E-state index contributed by atoms with van der Waals surface area (Å²) in [6.45, 7) is 4.28. The van der Waals surface area contributed by atoms with Gasteiger partial charge in [-0.2, -0.15) is 5.10 Å². The van der Waals surface area contributed by atoms with Crippen molar-refractivity contribution in [3.8, 4) is 11.5 Å². The van der Waals surface area contributed by atoms with Gasteiger partial charge in [0.1, 0.15) is 23.3 Å². The van der Waals surface area contributed by atoms with E-state index in [0.717, 1.165) is 12.0 Å². The quantitative estimate of drug-likeness (QED) is 0.750. The molecule has 1 saturated heterocycles. The fraction of sp³-hybridized carbons (Fsp3) is 0.550. The van der Waals surface area contributed by atoms with Gasteiger partial charge in [0.2, 0.25) is 5.91 Å². The summed E-state index contributed by atoms with van der Waals surface area (Å²) in [6, 6.07) is 3.11. The fourth-order valence-electron chi connectivity index (χ4n) is 3.99. The van der Waals surface area contributed by atoms with Crippen LogP contribution in [-0.2, 0) is 25.8 Å². The van der Waals surface area contributed by atoms with Gasteiger partial charge < -0.3 is 14.8 Å². The summed E-state index contributed by atoms with van der Waals surface area (Å²) in [4.78, 5) is 25.2. The van der Waals surface area contributed by atoms with Crippen LogP contribution in [0.15, 0.2) is 17.2 Å². The lowest BCUT2D eigenvalue weighted by Gasteiger charge is -2.27. The average Bonchev–Trinajstić information content (AvgIpc) is 3.22. The van der Waals surface area contributed by atoms with Crippen LogP contribution in [0.1, 0.15) is 38.7 Å². The number of carbonyl (C=O) groups is 2. The van der Waals surface area contributed by atoms with Crippen molar-refractivity contribution in [1.29, 1.82) is 0 Å². The molecule has 0 unspecified atom stereocenters. The molecule has 1 aromatic rings. The number of nitrogens with one attached hydrogen (secondary N) is 1. The average molecular weight is 436 g/mol. The smallest absolute Gasteiger partial charge is 0.271 e. The van der Waals surface area contributed by atoms with Gasteiger partial charge in [-0.3, -0.25) is 9.59 Å². The van der Waals surface area contributed by atoms with E-state index in [1.807, 2.05) is 19.9 Å². The zero-order valence-corrected chi connectivity index (χ0v) is 17.8. The minimum atomic E-state index is -3.17. The van der Waals surface area contributed by atoms with Crippen LogP contribution >= 0.6 is 0 Å². The number of hydrogen-bond donors (Lipinski definition) is 1. The Morgan fingerprint density at radius 1 is 1.37 bits per heavy atom. The minimum absolute atomic E-state index is 0.0315. The van der Waals surface area contributed by atoms with Crippen LogP contribution in [0.3, 0.4) is 0 Å². The van der Waals surface area contributed by atoms with Crippen molar-refractivity contribution >= 4 is 33.1 Å². The van der Waals surface area contributed by atoms with E-state index in [-0.39, 0.29) is 42.1 Å². The highest BCUT2D eigenvalue weighted by Crippen LogP contribution is 2.38. The first-order chi connectivity index (χ1) is 14.3. The second-order valence-electron chi connectivity index (χ2n) is 7.82. The highest BCUT2D eigenvalue weighted by molar-refractivity contribution is 7.91. The highest BCUT2D eigenvalue weighted by Gasteiger charge is 2.37. The van der Waals surface area contributed by atoms with Crippen LogP contribution in [0.25, 0.3) is 0 Å². The van der Waals surface area contributed by atoms with E-state index in [0.29, 0.717) is 30.2 Å². The van der Waals surface area contributed by atoms with E-state index >= 15 is 0 Å². The van der Waals surface area contributed by atoms with Crippen LogP contribution in [0.5, 0.6) is 11.5 Å². The Balaban J connectivity index is 1.55. The first-order valence-corrected chi connectivity index (χ1v) is 12.0. The second kappa shape index (κ2) is 7.90. The molecular weight excluding hydrogens is 410 g/mol.